The van der Waals surface area contributed by atoms with E-state index in [1.54, 1.807) is 0 Å². The maximum absolute atomic E-state index is 4.73. The van der Waals surface area contributed by atoms with Gasteiger partial charge >= 0.3 is 0 Å². The quantitative estimate of drug-likeness (QED) is 0.784. The van der Waals surface area contributed by atoms with Gasteiger partial charge in [-0.1, -0.05) is 42.1 Å². The number of thioether (sulfide) groups is 1. The SMILES string of the molecule is Cl.Cl.c1ccc([C@H]2CN3CCSC3=N2)cc1. The molecule has 2 aliphatic rings. The van der Waals surface area contributed by atoms with E-state index in [1.807, 2.05) is 11.8 Å². The fourth-order valence-electron chi connectivity index (χ4n) is 1.96. The van der Waals surface area contributed by atoms with Gasteiger partial charge in [0.2, 0.25) is 0 Å². The van der Waals surface area contributed by atoms with E-state index in [0.29, 0.717) is 6.04 Å². The zero-order valence-corrected chi connectivity index (χ0v) is 11.2. The molecule has 1 atom stereocenters. The molecular formula is C11H14Cl2N2S. The summed E-state index contributed by atoms with van der Waals surface area (Å²) in [6.07, 6.45) is 0. The van der Waals surface area contributed by atoms with Crippen LogP contribution in [-0.2, 0) is 0 Å². The maximum Gasteiger partial charge on any atom is 0.160 e. The zero-order valence-electron chi connectivity index (χ0n) is 8.70. The molecule has 0 spiro atoms. The molecule has 0 aliphatic carbocycles. The summed E-state index contributed by atoms with van der Waals surface area (Å²) in [6, 6.07) is 10.9. The number of hydrogen-bond acceptors (Lipinski definition) is 3. The number of halogens is 2. The largest absolute Gasteiger partial charge is 0.348 e. The molecule has 1 fully saturated rings. The summed E-state index contributed by atoms with van der Waals surface area (Å²) in [5.41, 5.74) is 1.34. The number of hydrogen-bond donors (Lipinski definition) is 0. The Morgan fingerprint density at radius 2 is 1.94 bits per heavy atom. The Hall–Kier alpha value is -0.380. The van der Waals surface area contributed by atoms with Crippen LogP contribution in [0.25, 0.3) is 0 Å². The predicted octanol–water partition coefficient (Wildman–Crippen LogP) is 2.99. The number of benzene rings is 1. The number of nitrogens with zero attached hydrogens (tertiary/aromatic N) is 2. The summed E-state index contributed by atoms with van der Waals surface area (Å²) in [6.45, 7) is 2.25. The van der Waals surface area contributed by atoms with Crippen molar-refractivity contribution in [2.24, 2.45) is 4.99 Å². The summed E-state index contributed by atoms with van der Waals surface area (Å²) >= 11 is 1.89. The smallest absolute Gasteiger partial charge is 0.160 e. The van der Waals surface area contributed by atoms with Gasteiger partial charge in [-0.3, -0.25) is 4.99 Å². The fraction of sp³-hybridized carbons (Fsp3) is 0.364. The lowest BCUT2D eigenvalue weighted by Crippen LogP contribution is -2.21. The van der Waals surface area contributed by atoms with Crippen LogP contribution < -0.4 is 0 Å². The van der Waals surface area contributed by atoms with Crippen molar-refractivity contribution < 1.29 is 0 Å². The third-order valence-corrected chi connectivity index (χ3v) is 3.72. The molecule has 2 aliphatic heterocycles. The number of rotatable bonds is 1. The number of aliphatic imine (C=N–C) groups is 1. The lowest BCUT2D eigenvalue weighted by Gasteiger charge is -2.12. The average molecular weight is 277 g/mol. The first-order chi connectivity index (χ1) is 6.93. The standard InChI is InChI=1S/C11H12N2S.2ClH/c1-2-4-9(5-3-1)10-8-13-6-7-14-11(13)12-10;;/h1-5,10H,6-8H2;2*1H/t10-;;/m1../s1. The molecule has 0 N–H and O–H groups in total. The highest BCUT2D eigenvalue weighted by Gasteiger charge is 2.29. The van der Waals surface area contributed by atoms with Crippen LogP contribution in [-0.4, -0.2) is 28.9 Å². The van der Waals surface area contributed by atoms with Gasteiger partial charge in [0, 0.05) is 18.8 Å². The number of fused-ring (bicyclic) bond motifs is 1. The van der Waals surface area contributed by atoms with Crippen LogP contribution in [0.4, 0.5) is 0 Å². The van der Waals surface area contributed by atoms with Crippen LogP contribution in [0.15, 0.2) is 35.3 Å². The topological polar surface area (TPSA) is 15.6 Å². The summed E-state index contributed by atoms with van der Waals surface area (Å²) in [5.74, 6) is 1.21. The minimum Gasteiger partial charge on any atom is -0.348 e. The molecule has 1 aromatic carbocycles. The van der Waals surface area contributed by atoms with Crippen LogP contribution in [0, 0.1) is 0 Å². The minimum atomic E-state index is 0. The third kappa shape index (κ3) is 2.47. The minimum absolute atomic E-state index is 0. The van der Waals surface area contributed by atoms with Crippen LogP contribution in [0.2, 0.25) is 0 Å². The van der Waals surface area contributed by atoms with Crippen molar-refractivity contribution in [2.45, 2.75) is 6.04 Å². The van der Waals surface area contributed by atoms with Crippen molar-refractivity contribution in [3.63, 3.8) is 0 Å². The van der Waals surface area contributed by atoms with Crippen LogP contribution in [0.1, 0.15) is 11.6 Å². The Morgan fingerprint density at radius 1 is 1.19 bits per heavy atom. The van der Waals surface area contributed by atoms with E-state index in [-0.39, 0.29) is 24.8 Å². The molecule has 0 bridgehead atoms. The van der Waals surface area contributed by atoms with E-state index in [0.717, 1.165) is 6.54 Å². The van der Waals surface area contributed by atoms with E-state index in [2.05, 4.69) is 35.2 Å². The summed E-state index contributed by atoms with van der Waals surface area (Å²) in [5, 5.41) is 1.25. The van der Waals surface area contributed by atoms with E-state index < -0.39 is 0 Å². The Kier molecular flexibility index (Phi) is 4.96. The van der Waals surface area contributed by atoms with E-state index >= 15 is 0 Å². The predicted molar refractivity (Wildman–Crippen MR) is 75.1 cm³/mol. The van der Waals surface area contributed by atoms with Gasteiger partial charge in [-0.2, -0.15) is 0 Å². The van der Waals surface area contributed by atoms with Gasteiger partial charge in [-0.15, -0.1) is 24.8 Å². The molecule has 1 aromatic rings. The highest BCUT2D eigenvalue weighted by Crippen LogP contribution is 2.31. The first-order valence-electron chi connectivity index (χ1n) is 4.94. The van der Waals surface area contributed by atoms with E-state index in [4.69, 9.17) is 4.99 Å². The van der Waals surface area contributed by atoms with Gasteiger partial charge < -0.3 is 4.90 Å². The van der Waals surface area contributed by atoms with Crippen LogP contribution in [0.5, 0.6) is 0 Å². The molecule has 16 heavy (non-hydrogen) atoms. The fourth-order valence-corrected chi connectivity index (χ4v) is 3.00. The van der Waals surface area contributed by atoms with Gasteiger partial charge in [0.25, 0.3) is 0 Å². The van der Waals surface area contributed by atoms with Crippen LogP contribution >= 0.6 is 36.6 Å². The summed E-state index contributed by atoms with van der Waals surface area (Å²) < 4.78 is 0. The maximum atomic E-state index is 4.73. The van der Waals surface area contributed by atoms with Gasteiger partial charge in [-0.25, -0.2) is 0 Å². The third-order valence-electron chi connectivity index (χ3n) is 2.71. The van der Waals surface area contributed by atoms with E-state index in [9.17, 15) is 0 Å². The Bertz CT molecular complexity index is 370. The van der Waals surface area contributed by atoms with Crippen molar-refractivity contribution >= 4 is 41.7 Å². The Labute approximate surface area is 112 Å². The molecule has 88 valence electrons. The first kappa shape index (κ1) is 13.7. The van der Waals surface area contributed by atoms with Gasteiger partial charge in [0.05, 0.1) is 6.04 Å². The Balaban J connectivity index is 0.000000640. The van der Waals surface area contributed by atoms with Gasteiger partial charge in [0.15, 0.2) is 5.17 Å². The average Bonchev–Trinajstić information content (AvgIpc) is 2.78. The monoisotopic (exact) mass is 276 g/mol. The van der Waals surface area contributed by atoms with Crippen molar-refractivity contribution in [3.05, 3.63) is 35.9 Å². The molecule has 5 heteroatoms. The normalized spacial score (nSPS) is 21.9. The molecule has 0 saturated carbocycles. The lowest BCUT2D eigenvalue weighted by atomic mass is 10.1. The zero-order chi connectivity index (χ0) is 9.38. The molecule has 0 aromatic heterocycles. The number of amidine groups is 1. The summed E-state index contributed by atoms with van der Waals surface area (Å²) in [7, 11) is 0. The molecule has 2 heterocycles. The molecular weight excluding hydrogens is 263 g/mol. The van der Waals surface area contributed by atoms with Crippen molar-refractivity contribution in [2.75, 3.05) is 18.8 Å². The lowest BCUT2D eigenvalue weighted by molar-refractivity contribution is 0.464. The van der Waals surface area contributed by atoms with Gasteiger partial charge in [-0.05, 0) is 5.56 Å². The molecule has 1 saturated heterocycles. The molecule has 0 unspecified atom stereocenters. The second-order valence-corrected chi connectivity index (χ2v) is 4.69. The van der Waals surface area contributed by atoms with Crippen molar-refractivity contribution in [1.82, 2.24) is 4.90 Å². The second kappa shape index (κ2) is 5.80. The highest BCUT2D eigenvalue weighted by atomic mass is 35.5. The second-order valence-electron chi connectivity index (χ2n) is 3.63. The molecule has 2 nitrogen and oxygen atoms in total. The molecule has 0 radical (unpaired) electrons. The van der Waals surface area contributed by atoms with Gasteiger partial charge in [0.1, 0.15) is 0 Å². The summed E-state index contributed by atoms with van der Waals surface area (Å²) in [4.78, 5) is 7.12. The van der Waals surface area contributed by atoms with Crippen molar-refractivity contribution in [3.8, 4) is 0 Å². The molecule has 0 amide bonds. The molecule has 3 rings (SSSR count). The van der Waals surface area contributed by atoms with E-state index in [1.165, 1.54) is 23.0 Å². The Morgan fingerprint density at radius 3 is 2.62 bits per heavy atom. The highest BCUT2D eigenvalue weighted by molar-refractivity contribution is 8.14. The van der Waals surface area contributed by atoms with Crippen molar-refractivity contribution in [1.29, 1.82) is 0 Å². The first-order valence-corrected chi connectivity index (χ1v) is 5.92. The van der Waals surface area contributed by atoms with Crippen LogP contribution in [0.3, 0.4) is 0 Å².